The highest BCUT2D eigenvalue weighted by Crippen LogP contribution is 2.41. The summed E-state index contributed by atoms with van der Waals surface area (Å²) < 4.78 is 8.32. The van der Waals surface area contributed by atoms with Gasteiger partial charge in [0.1, 0.15) is 5.76 Å². The number of aromatic nitrogens is 1. The number of fused-ring (bicyclic) bond motifs is 1. The van der Waals surface area contributed by atoms with Crippen LogP contribution in [0.1, 0.15) is 37.4 Å². The molecule has 0 N–H and O–H groups in total. The number of rotatable bonds is 2. The second kappa shape index (κ2) is 5.68. The number of nitrogens with zero attached hydrogens (tertiary/aromatic N) is 1. The van der Waals surface area contributed by atoms with Crippen molar-refractivity contribution >= 4 is 28.9 Å². The minimum atomic E-state index is 0.316. The first-order valence-electron chi connectivity index (χ1n) is 7.72. The summed E-state index contributed by atoms with van der Waals surface area (Å²) >= 11 is 12.3. The predicted molar refractivity (Wildman–Crippen MR) is 91.0 cm³/mol. The van der Waals surface area contributed by atoms with Crippen molar-refractivity contribution in [3.8, 4) is 11.3 Å². The Morgan fingerprint density at radius 2 is 1.73 bits per heavy atom. The van der Waals surface area contributed by atoms with E-state index in [0.717, 1.165) is 53.4 Å². The monoisotopic (exact) mass is 333 g/mol. The lowest BCUT2D eigenvalue weighted by Crippen LogP contribution is -2.13. The molecule has 22 heavy (non-hydrogen) atoms. The molecule has 1 aliphatic rings. The smallest absolute Gasteiger partial charge is 0.204 e. The van der Waals surface area contributed by atoms with E-state index in [4.69, 9.17) is 27.6 Å². The molecule has 0 atom stereocenters. The zero-order valence-corrected chi connectivity index (χ0v) is 13.6. The Balaban J connectivity index is 1.82. The standard InChI is InChI=1S/C18H17Cl2NO/c19-14-7-3-12(4-8-14)17-18(13-5-9-15(20)10-6-13)22-16-2-1-11-21(16)17/h1-4,7-8,11,13,15H,5-6,9-10H2. The summed E-state index contributed by atoms with van der Waals surface area (Å²) in [7, 11) is 0. The number of alkyl halides is 1. The van der Waals surface area contributed by atoms with Crippen molar-refractivity contribution in [3.05, 3.63) is 53.4 Å². The summed E-state index contributed by atoms with van der Waals surface area (Å²) in [5.74, 6) is 1.53. The Morgan fingerprint density at radius 3 is 2.45 bits per heavy atom. The topological polar surface area (TPSA) is 17.6 Å². The van der Waals surface area contributed by atoms with Crippen LogP contribution in [0, 0.1) is 0 Å². The average Bonchev–Trinajstić information content (AvgIpc) is 3.10. The van der Waals surface area contributed by atoms with E-state index in [2.05, 4.69) is 22.7 Å². The molecule has 0 radical (unpaired) electrons. The molecule has 0 spiro atoms. The molecule has 4 rings (SSSR count). The van der Waals surface area contributed by atoms with Gasteiger partial charge < -0.3 is 4.42 Å². The summed E-state index contributed by atoms with van der Waals surface area (Å²) in [4.78, 5) is 0. The number of benzene rings is 1. The average molecular weight is 334 g/mol. The second-order valence-electron chi connectivity index (χ2n) is 5.99. The summed E-state index contributed by atoms with van der Waals surface area (Å²) in [5, 5.41) is 1.07. The van der Waals surface area contributed by atoms with Gasteiger partial charge in [-0.3, -0.25) is 4.40 Å². The van der Waals surface area contributed by atoms with Gasteiger partial charge in [-0.1, -0.05) is 23.7 Å². The lowest BCUT2D eigenvalue weighted by Gasteiger charge is -2.24. The molecular formula is C18H17Cl2NO. The lowest BCUT2D eigenvalue weighted by molar-refractivity contribution is 0.389. The summed E-state index contributed by atoms with van der Waals surface area (Å²) in [5.41, 5.74) is 3.19. The van der Waals surface area contributed by atoms with Crippen LogP contribution in [0.2, 0.25) is 5.02 Å². The zero-order valence-electron chi connectivity index (χ0n) is 12.1. The van der Waals surface area contributed by atoms with E-state index in [9.17, 15) is 0 Å². The molecule has 114 valence electrons. The number of hydrogen-bond donors (Lipinski definition) is 0. The molecule has 1 saturated carbocycles. The van der Waals surface area contributed by atoms with Gasteiger partial charge in [-0.25, -0.2) is 0 Å². The maximum Gasteiger partial charge on any atom is 0.204 e. The van der Waals surface area contributed by atoms with E-state index in [1.165, 1.54) is 0 Å². The van der Waals surface area contributed by atoms with Crippen LogP contribution in [0.4, 0.5) is 0 Å². The molecule has 0 amide bonds. The van der Waals surface area contributed by atoms with Crippen LogP contribution >= 0.6 is 23.2 Å². The van der Waals surface area contributed by atoms with Crippen LogP contribution in [0.3, 0.4) is 0 Å². The molecule has 0 unspecified atom stereocenters. The van der Waals surface area contributed by atoms with Gasteiger partial charge >= 0.3 is 0 Å². The van der Waals surface area contributed by atoms with Crippen molar-refractivity contribution in [2.24, 2.45) is 0 Å². The van der Waals surface area contributed by atoms with Crippen molar-refractivity contribution in [2.75, 3.05) is 0 Å². The van der Waals surface area contributed by atoms with E-state index in [1.54, 1.807) is 0 Å². The molecule has 1 fully saturated rings. The highest BCUT2D eigenvalue weighted by molar-refractivity contribution is 6.30. The zero-order chi connectivity index (χ0) is 15.1. The maximum atomic E-state index is 6.25. The van der Waals surface area contributed by atoms with Crippen LogP contribution in [-0.2, 0) is 0 Å². The number of oxazole rings is 1. The van der Waals surface area contributed by atoms with Crippen LogP contribution < -0.4 is 0 Å². The van der Waals surface area contributed by atoms with Crippen LogP contribution in [0.25, 0.3) is 17.0 Å². The normalized spacial score (nSPS) is 22.3. The van der Waals surface area contributed by atoms with Gasteiger partial charge in [0.05, 0.1) is 5.69 Å². The molecule has 0 bridgehead atoms. The molecule has 1 aromatic carbocycles. The first-order chi connectivity index (χ1) is 10.7. The minimum Gasteiger partial charge on any atom is -0.442 e. The number of hydrogen-bond acceptors (Lipinski definition) is 1. The van der Waals surface area contributed by atoms with E-state index < -0.39 is 0 Å². The quantitative estimate of drug-likeness (QED) is 0.516. The summed E-state index contributed by atoms with van der Waals surface area (Å²) in [6.45, 7) is 0. The van der Waals surface area contributed by atoms with Gasteiger partial charge in [0.15, 0.2) is 0 Å². The van der Waals surface area contributed by atoms with E-state index in [1.807, 2.05) is 24.3 Å². The molecular weight excluding hydrogens is 317 g/mol. The molecule has 2 heterocycles. The van der Waals surface area contributed by atoms with Crippen LogP contribution in [0.15, 0.2) is 47.0 Å². The van der Waals surface area contributed by atoms with Crippen molar-refractivity contribution in [2.45, 2.75) is 37.0 Å². The first-order valence-corrected chi connectivity index (χ1v) is 8.53. The Morgan fingerprint density at radius 1 is 1.00 bits per heavy atom. The van der Waals surface area contributed by atoms with Crippen molar-refractivity contribution < 1.29 is 4.42 Å². The SMILES string of the molecule is Clc1ccc(-c2c(C3CCC(Cl)CC3)oc3cccn23)cc1. The van der Waals surface area contributed by atoms with E-state index in [-0.39, 0.29) is 0 Å². The third-order valence-corrected chi connectivity index (χ3v) is 5.23. The van der Waals surface area contributed by atoms with Gasteiger partial charge in [0, 0.05) is 34.1 Å². The van der Waals surface area contributed by atoms with Gasteiger partial charge in [-0.15, -0.1) is 11.6 Å². The highest BCUT2D eigenvalue weighted by atomic mass is 35.5. The third kappa shape index (κ3) is 2.45. The molecule has 0 aliphatic heterocycles. The largest absolute Gasteiger partial charge is 0.442 e. The fraction of sp³-hybridized carbons (Fsp3) is 0.333. The Labute approximate surface area is 139 Å². The van der Waals surface area contributed by atoms with Crippen LogP contribution in [0.5, 0.6) is 0 Å². The molecule has 0 saturated heterocycles. The highest BCUT2D eigenvalue weighted by Gasteiger charge is 2.28. The van der Waals surface area contributed by atoms with Crippen molar-refractivity contribution in [1.82, 2.24) is 4.40 Å². The Bertz CT molecular complexity index is 779. The van der Waals surface area contributed by atoms with Gasteiger partial charge in [-0.05, 0) is 43.9 Å². The number of halogens is 2. The first kappa shape index (κ1) is 14.2. The van der Waals surface area contributed by atoms with E-state index in [0.29, 0.717) is 11.3 Å². The summed E-state index contributed by atoms with van der Waals surface area (Å²) in [6, 6.07) is 12.0. The van der Waals surface area contributed by atoms with Gasteiger partial charge in [-0.2, -0.15) is 0 Å². The Kier molecular flexibility index (Phi) is 3.67. The maximum absolute atomic E-state index is 6.25. The third-order valence-electron chi connectivity index (χ3n) is 4.55. The summed E-state index contributed by atoms with van der Waals surface area (Å²) in [6.07, 6.45) is 6.35. The lowest BCUT2D eigenvalue weighted by atomic mass is 9.85. The minimum absolute atomic E-state index is 0.316. The molecule has 3 aromatic rings. The Hall–Kier alpha value is -1.38. The molecule has 2 nitrogen and oxygen atoms in total. The fourth-order valence-electron chi connectivity index (χ4n) is 3.39. The second-order valence-corrected chi connectivity index (χ2v) is 7.04. The van der Waals surface area contributed by atoms with Gasteiger partial charge in [0.2, 0.25) is 5.71 Å². The predicted octanol–water partition coefficient (Wildman–Crippen LogP) is 6.12. The van der Waals surface area contributed by atoms with Crippen molar-refractivity contribution in [3.63, 3.8) is 0 Å². The molecule has 2 aromatic heterocycles. The van der Waals surface area contributed by atoms with Gasteiger partial charge in [0.25, 0.3) is 0 Å². The van der Waals surface area contributed by atoms with Crippen LogP contribution in [-0.4, -0.2) is 9.78 Å². The molecule has 4 heteroatoms. The molecule has 1 aliphatic carbocycles. The fourth-order valence-corrected chi connectivity index (χ4v) is 3.77. The van der Waals surface area contributed by atoms with E-state index >= 15 is 0 Å². The van der Waals surface area contributed by atoms with Crippen molar-refractivity contribution in [1.29, 1.82) is 0 Å².